The molecule has 0 saturated heterocycles. The molecule has 0 aromatic heterocycles. The van der Waals surface area contributed by atoms with Gasteiger partial charge in [-0.15, -0.1) is 12.4 Å². The average Bonchev–Trinajstić information content (AvgIpc) is 2.99. The van der Waals surface area contributed by atoms with Gasteiger partial charge in [-0.25, -0.2) is 4.39 Å². The molecule has 11 heteroatoms. The first-order valence-electron chi connectivity index (χ1n) is 14.7. The Morgan fingerprint density at radius 2 is 1.76 bits per heavy atom. The molecule has 1 heterocycles. The average molecular weight is 644 g/mol. The fourth-order valence-electron chi connectivity index (χ4n) is 5.10. The van der Waals surface area contributed by atoms with Gasteiger partial charge in [-0.2, -0.15) is 0 Å². The highest BCUT2D eigenvalue weighted by molar-refractivity contribution is 6.08. The van der Waals surface area contributed by atoms with Gasteiger partial charge in [0.05, 0.1) is 18.5 Å². The van der Waals surface area contributed by atoms with E-state index in [-0.39, 0.29) is 30.8 Å². The molecule has 1 aliphatic heterocycles. The van der Waals surface area contributed by atoms with Crippen LogP contribution in [0.3, 0.4) is 0 Å². The van der Waals surface area contributed by atoms with Crippen molar-refractivity contribution in [1.82, 2.24) is 0 Å². The van der Waals surface area contributed by atoms with Crippen LogP contribution in [0, 0.1) is 18.7 Å². The molecule has 244 valence electrons. The molecule has 4 rings (SSSR count). The minimum absolute atomic E-state index is 0. The zero-order chi connectivity index (χ0) is 32.3. The normalized spacial score (nSPS) is 14.9. The minimum Gasteiger partial charge on any atom is -0.496 e. The van der Waals surface area contributed by atoms with Crippen LogP contribution in [-0.2, 0) is 20.9 Å². The van der Waals surface area contributed by atoms with Crippen LogP contribution in [0.15, 0.2) is 48.5 Å². The molecule has 1 unspecified atom stereocenters. The van der Waals surface area contributed by atoms with Gasteiger partial charge < -0.3 is 34.9 Å². The number of hydrogen-bond acceptors (Lipinski definition) is 8. The molecular formula is C34H43ClFN3O6. The molecule has 9 nitrogen and oxygen atoms in total. The Morgan fingerprint density at radius 1 is 1.07 bits per heavy atom. The summed E-state index contributed by atoms with van der Waals surface area (Å²) in [6.07, 6.45) is -0.421. The molecular weight excluding hydrogens is 601 g/mol. The van der Waals surface area contributed by atoms with E-state index in [4.69, 9.17) is 24.7 Å². The second kappa shape index (κ2) is 14.4. The van der Waals surface area contributed by atoms with E-state index in [9.17, 15) is 14.0 Å². The molecule has 0 radical (unpaired) electrons. The van der Waals surface area contributed by atoms with Crippen molar-refractivity contribution in [3.05, 3.63) is 65.5 Å². The molecule has 3 aromatic rings. The summed E-state index contributed by atoms with van der Waals surface area (Å²) in [5, 5.41) is 3.34. The van der Waals surface area contributed by atoms with Crippen molar-refractivity contribution in [2.45, 2.75) is 72.4 Å². The van der Waals surface area contributed by atoms with E-state index in [2.05, 4.69) is 5.32 Å². The van der Waals surface area contributed by atoms with Crippen LogP contribution in [-0.4, -0.2) is 43.9 Å². The highest BCUT2D eigenvalue weighted by Crippen LogP contribution is 2.45. The zero-order valence-corrected chi connectivity index (χ0v) is 27.8. The number of esters is 1. The molecule has 0 saturated carbocycles. The first-order chi connectivity index (χ1) is 20.8. The highest BCUT2D eigenvalue weighted by atomic mass is 35.5. The van der Waals surface area contributed by atoms with Crippen molar-refractivity contribution in [1.29, 1.82) is 0 Å². The Balaban J connectivity index is 0.00000552. The van der Waals surface area contributed by atoms with Gasteiger partial charge in [0.1, 0.15) is 41.3 Å². The maximum absolute atomic E-state index is 14.1. The van der Waals surface area contributed by atoms with Gasteiger partial charge in [0.2, 0.25) is 6.29 Å². The lowest BCUT2D eigenvalue weighted by molar-refractivity contribution is -0.166. The third kappa shape index (κ3) is 7.62. The van der Waals surface area contributed by atoms with Crippen molar-refractivity contribution in [2.24, 2.45) is 11.7 Å². The van der Waals surface area contributed by atoms with Crippen LogP contribution in [0.4, 0.5) is 15.8 Å². The SMILES string of the molecule is CCC(OC(=O)[C@@H](N)C(C)C)Oc1ccc(-c2ccc3c(c2COc2cc(F)ccc2C)N(C)C(=O)C(C)(C)N3)c(OC)c1.Cl. The number of rotatable bonds is 11. The van der Waals surface area contributed by atoms with Gasteiger partial charge in [-0.1, -0.05) is 32.9 Å². The lowest BCUT2D eigenvalue weighted by atomic mass is 9.91. The Bertz CT molecular complexity index is 1550. The van der Waals surface area contributed by atoms with Crippen molar-refractivity contribution in [3.8, 4) is 28.4 Å². The van der Waals surface area contributed by atoms with E-state index < -0.39 is 29.7 Å². The van der Waals surface area contributed by atoms with Crippen LogP contribution in [0.1, 0.15) is 52.2 Å². The predicted molar refractivity (Wildman–Crippen MR) is 176 cm³/mol. The van der Waals surface area contributed by atoms with E-state index in [1.54, 1.807) is 37.3 Å². The summed E-state index contributed by atoms with van der Waals surface area (Å²) >= 11 is 0. The number of methoxy groups -OCH3 is 1. The topological polar surface area (TPSA) is 112 Å². The summed E-state index contributed by atoms with van der Waals surface area (Å²) < 4.78 is 37.6. The molecule has 0 spiro atoms. The van der Waals surface area contributed by atoms with E-state index in [0.29, 0.717) is 34.9 Å². The summed E-state index contributed by atoms with van der Waals surface area (Å²) in [5.74, 6) is 0.205. The summed E-state index contributed by atoms with van der Waals surface area (Å²) in [6, 6.07) is 12.8. The smallest absolute Gasteiger partial charge is 0.326 e. The first kappa shape index (κ1) is 35.5. The van der Waals surface area contributed by atoms with Crippen LogP contribution < -0.4 is 30.2 Å². The van der Waals surface area contributed by atoms with E-state index in [0.717, 1.165) is 22.4 Å². The molecule has 0 bridgehead atoms. The van der Waals surface area contributed by atoms with Gasteiger partial charge in [0.25, 0.3) is 5.91 Å². The van der Waals surface area contributed by atoms with Gasteiger partial charge >= 0.3 is 5.97 Å². The molecule has 2 atom stereocenters. The molecule has 0 aliphatic carbocycles. The number of fused-ring (bicyclic) bond motifs is 1. The van der Waals surface area contributed by atoms with Gasteiger partial charge in [0.15, 0.2) is 0 Å². The van der Waals surface area contributed by atoms with Crippen LogP contribution >= 0.6 is 12.4 Å². The number of likely N-dealkylation sites (N-methyl/N-ethyl adjacent to an activating group) is 1. The monoisotopic (exact) mass is 643 g/mol. The number of ether oxygens (including phenoxy) is 4. The number of anilines is 2. The van der Waals surface area contributed by atoms with Crippen molar-refractivity contribution in [2.75, 3.05) is 24.4 Å². The molecule has 45 heavy (non-hydrogen) atoms. The van der Waals surface area contributed by atoms with Crippen molar-refractivity contribution in [3.63, 3.8) is 0 Å². The maximum Gasteiger partial charge on any atom is 0.326 e. The third-order valence-corrected chi connectivity index (χ3v) is 7.73. The number of carbonyl (C=O) groups excluding carboxylic acids is 2. The lowest BCUT2D eigenvalue weighted by Gasteiger charge is -2.39. The molecule has 1 aliphatic rings. The van der Waals surface area contributed by atoms with Gasteiger partial charge in [-0.3, -0.25) is 9.59 Å². The standard InChI is InChI=1S/C34H42FN3O6.ClH/c1-9-29(44-32(39)30(36)19(2)3)43-22-12-13-24(28(17-22)41-8)23-14-15-26-31(38(7)33(40)34(5,6)37-26)25(23)18-42-27-16-21(35)11-10-20(27)4;/h10-17,19,29-30,37H,9,18,36H2,1-8H3;1H/t29?,30-;/m0./s1. The summed E-state index contributed by atoms with van der Waals surface area (Å²) in [6.45, 7) is 11.1. The Hall–Kier alpha value is -4.02. The Labute approximate surface area is 270 Å². The zero-order valence-electron chi connectivity index (χ0n) is 27.0. The van der Waals surface area contributed by atoms with E-state index in [1.807, 2.05) is 59.7 Å². The van der Waals surface area contributed by atoms with Crippen molar-refractivity contribution < 1.29 is 32.9 Å². The third-order valence-electron chi connectivity index (χ3n) is 7.73. The summed E-state index contributed by atoms with van der Waals surface area (Å²) in [7, 11) is 3.28. The summed E-state index contributed by atoms with van der Waals surface area (Å²) in [4.78, 5) is 27.4. The second-order valence-electron chi connectivity index (χ2n) is 11.8. The van der Waals surface area contributed by atoms with Gasteiger partial charge in [0, 0.05) is 36.7 Å². The fraction of sp³-hybridized carbons (Fsp3) is 0.412. The first-order valence-corrected chi connectivity index (χ1v) is 14.7. The number of nitrogens with two attached hydrogens (primary N) is 1. The number of amides is 1. The number of nitrogens with zero attached hydrogens (tertiary/aromatic N) is 1. The minimum atomic E-state index is -0.834. The fourth-order valence-corrected chi connectivity index (χ4v) is 5.10. The maximum atomic E-state index is 14.1. The number of halogens is 2. The van der Waals surface area contributed by atoms with E-state index >= 15 is 0 Å². The second-order valence-corrected chi connectivity index (χ2v) is 11.8. The van der Waals surface area contributed by atoms with Crippen LogP contribution in [0.5, 0.6) is 17.2 Å². The predicted octanol–water partition coefficient (Wildman–Crippen LogP) is 6.62. The lowest BCUT2D eigenvalue weighted by Crippen LogP contribution is -2.52. The van der Waals surface area contributed by atoms with Gasteiger partial charge in [-0.05, 0) is 62.1 Å². The number of nitrogens with one attached hydrogen (secondary N) is 1. The quantitative estimate of drug-likeness (QED) is 0.177. The molecule has 3 aromatic carbocycles. The molecule has 1 amide bonds. The number of benzene rings is 3. The van der Waals surface area contributed by atoms with E-state index in [1.165, 1.54) is 12.1 Å². The molecule has 0 fully saturated rings. The number of aryl methyl sites for hydroxylation is 1. The summed E-state index contributed by atoms with van der Waals surface area (Å²) in [5.41, 5.74) is 9.52. The number of hydrogen-bond donors (Lipinski definition) is 2. The Morgan fingerprint density at radius 3 is 2.40 bits per heavy atom. The largest absolute Gasteiger partial charge is 0.496 e. The Kier molecular flexibility index (Phi) is 11.3. The van der Waals surface area contributed by atoms with Crippen LogP contribution in [0.2, 0.25) is 0 Å². The van der Waals surface area contributed by atoms with Crippen LogP contribution in [0.25, 0.3) is 11.1 Å². The number of carbonyl (C=O) groups is 2. The van der Waals surface area contributed by atoms with Crippen molar-refractivity contribution >= 4 is 35.7 Å². The molecule has 3 N–H and O–H groups in total. The highest BCUT2D eigenvalue weighted by Gasteiger charge is 2.39.